The first-order chi connectivity index (χ1) is 9.33. The fourth-order valence-corrected chi connectivity index (χ4v) is 2.02. The van der Waals surface area contributed by atoms with Crippen LogP contribution in [0.2, 0.25) is 0 Å². The van der Waals surface area contributed by atoms with E-state index in [0.717, 1.165) is 18.9 Å². The van der Waals surface area contributed by atoms with Gasteiger partial charge in [0.2, 0.25) is 5.95 Å². The fraction of sp³-hybridized carbons (Fsp3) is 0.714. The summed E-state index contributed by atoms with van der Waals surface area (Å²) in [5.74, 6) is 1.14. The lowest BCUT2D eigenvalue weighted by atomic mass is 10.1. The molecule has 0 saturated carbocycles. The number of rotatable bonds is 11. The standard InChI is InChI=1S/C14H27N5/c15-10-7-5-3-1-2-4-6-8-11-17-13-9-12-18-14(16)19-13/h9,12H,1-8,10-11,15H2,(H3,16,17,18,19). The van der Waals surface area contributed by atoms with Crippen molar-refractivity contribution in [3.8, 4) is 0 Å². The van der Waals surface area contributed by atoms with Crippen molar-refractivity contribution in [3.63, 3.8) is 0 Å². The predicted octanol–water partition coefficient (Wildman–Crippen LogP) is 2.55. The summed E-state index contributed by atoms with van der Waals surface area (Å²) >= 11 is 0. The number of nitrogens with two attached hydrogens (primary N) is 2. The highest BCUT2D eigenvalue weighted by Crippen LogP contribution is 2.09. The number of anilines is 2. The van der Waals surface area contributed by atoms with Gasteiger partial charge in [0.15, 0.2) is 0 Å². The Labute approximate surface area is 116 Å². The number of nitrogen functional groups attached to an aromatic ring is 1. The Hall–Kier alpha value is -1.36. The third-order valence-electron chi connectivity index (χ3n) is 3.11. The quantitative estimate of drug-likeness (QED) is 0.535. The van der Waals surface area contributed by atoms with Crippen LogP contribution in [-0.4, -0.2) is 23.1 Å². The van der Waals surface area contributed by atoms with Gasteiger partial charge >= 0.3 is 0 Å². The average molecular weight is 265 g/mol. The molecule has 5 nitrogen and oxygen atoms in total. The maximum absolute atomic E-state index is 5.51. The van der Waals surface area contributed by atoms with Crippen LogP contribution in [0.4, 0.5) is 11.8 Å². The van der Waals surface area contributed by atoms with Crippen LogP contribution in [0.1, 0.15) is 51.4 Å². The lowest BCUT2D eigenvalue weighted by Gasteiger charge is -2.05. The summed E-state index contributed by atoms with van der Waals surface area (Å²) in [7, 11) is 0. The van der Waals surface area contributed by atoms with E-state index in [-0.39, 0.29) is 0 Å². The molecule has 1 aromatic heterocycles. The maximum atomic E-state index is 5.51. The van der Waals surface area contributed by atoms with Crippen molar-refractivity contribution < 1.29 is 0 Å². The number of unbranched alkanes of at least 4 members (excludes halogenated alkanes) is 7. The molecular formula is C14H27N5. The van der Waals surface area contributed by atoms with E-state index in [1.807, 2.05) is 6.07 Å². The SMILES string of the molecule is NCCCCCCCCCCNc1ccnc(N)n1. The molecule has 0 aliphatic carbocycles. The highest BCUT2D eigenvalue weighted by Gasteiger charge is 1.95. The second-order valence-corrected chi connectivity index (χ2v) is 4.84. The average Bonchev–Trinajstić information content (AvgIpc) is 2.41. The first-order valence-corrected chi connectivity index (χ1v) is 7.35. The molecule has 0 amide bonds. The van der Waals surface area contributed by atoms with Gasteiger partial charge in [0.1, 0.15) is 5.82 Å². The third-order valence-corrected chi connectivity index (χ3v) is 3.11. The van der Waals surface area contributed by atoms with Gasteiger partial charge in [-0.1, -0.05) is 38.5 Å². The largest absolute Gasteiger partial charge is 0.370 e. The van der Waals surface area contributed by atoms with Crippen LogP contribution >= 0.6 is 0 Å². The van der Waals surface area contributed by atoms with Gasteiger partial charge in [-0.25, -0.2) is 4.98 Å². The Balaban J connectivity index is 1.89. The van der Waals surface area contributed by atoms with E-state index < -0.39 is 0 Å². The molecule has 1 aromatic rings. The summed E-state index contributed by atoms with van der Waals surface area (Å²) in [4.78, 5) is 7.95. The van der Waals surface area contributed by atoms with Crippen LogP contribution in [0.5, 0.6) is 0 Å². The van der Waals surface area contributed by atoms with Crippen molar-refractivity contribution in [2.45, 2.75) is 51.4 Å². The summed E-state index contributed by atoms with van der Waals surface area (Å²) < 4.78 is 0. The van der Waals surface area contributed by atoms with Gasteiger partial charge in [-0.15, -0.1) is 0 Å². The number of hydrogen-bond acceptors (Lipinski definition) is 5. The van der Waals surface area contributed by atoms with Crippen LogP contribution in [0.3, 0.4) is 0 Å². The first kappa shape index (κ1) is 15.7. The fourth-order valence-electron chi connectivity index (χ4n) is 2.02. The summed E-state index contributed by atoms with van der Waals surface area (Å²) in [5, 5.41) is 3.26. The highest BCUT2D eigenvalue weighted by atomic mass is 15.1. The van der Waals surface area contributed by atoms with Gasteiger partial charge in [-0.3, -0.25) is 0 Å². The van der Waals surface area contributed by atoms with Crippen LogP contribution in [0.25, 0.3) is 0 Å². The Kier molecular flexibility index (Phi) is 8.72. The van der Waals surface area contributed by atoms with Crippen LogP contribution in [0.15, 0.2) is 12.3 Å². The van der Waals surface area contributed by atoms with E-state index >= 15 is 0 Å². The molecule has 1 heterocycles. The molecule has 1 rings (SSSR count). The predicted molar refractivity (Wildman–Crippen MR) is 80.9 cm³/mol. The van der Waals surface area contributed by atoms with Crippen molar-refractivity contribution in [2.75, 3.05) is 24.1 Å². The third kappa shape index (κ3) is 8.37. The van der Waals surface area contributed by atoms with Gasteiger partial charge < -0.3 is 16.8 Å². The minimum atomic E-state index is 0.322. The number of nitrogens with zero attached hydrogens (tertiary/aromatic N) is 2. The number of hydrogen-bond donors (Lipinski definition) is 3. The highest BCUT2D eigenvalue weighted by molar-refractivity contribution is 5.36. The first-order valence-electron chi connectivity index (χ1n) is 7.35. The van der Waals surface area contributed by atoms with Crippen LogP contribution < -0.4 is 16.8 Å². The topological polar surface area (TPSA) is 89.8 Å². The summed E-state index contributed by atoms with van der Waals surface area (Å²) in [6.07, 6.45) is 11.9. The molecule has 19 heavy (non-hydrogen) atoms. The Bertz CT molecular complexity index is 329. The molecular weight excluding hydrogens is 238 g/mol. The molecule has 0 fully saturated rings. The van der Waals surface area contributed by atoms with Gasteiger partial charge in [-0.2, -0.15) is 4.98 Å². The normalized spacial score (nSPS) is 10.6. The van der Waals surface area contributed by atoms with Crippen molar-refractivity contribution in [3.05, 3.63) is 12.3 Å². The molecule has 0 aliphatic rings. The molecule has 0 atom stereocenters. The zero-order valence-electron chi connectivity index (χ0n) is 11.8. The van der Waals surface area contributed by atoms with Crippen molar-refractivity contribution in [2.24, 2.45) is 5.73 Å². The molecule has 0 aliphatic heterocycles. The summed E-state index contributed by atoms with van der Waals surface area (Å²) in [6.45, 7) is 1.78. The van der Waals surface area contributed by atoms with Crippen LogP contribution in [0, 0.1) is 0 Å². The summed E-state index contributed by atoms with van der Waals surface area (Å²) in [6, 6.07) is 1.84. The van der Waals surface area contributed by atoms with Gasteiger partial charge in [0, 0.05) is 12.7 Å². The molecule has 0 bridgehead atoms. The van der Waals surface area contributed by atoms with Crippen molar-refractivity contribution in [1.82, 2.24) is 9.97 Å². The van der Waals surface area contributed by atoms with Crippen molar-refractivity contribution in [1.29, 1.82) is 0 Å². The van der Waals surface area contributed by atoms with E-state index in [4.69, 9.17) is 11.5 Å². The van der Waals surface area contributed by atoms with Gasteiger partial charge in [0.05, 0.1) is 0 Å². The molecule has 5 heteroatoms. The Morgan fingerprint density at radius 3 is 2.21 bits per heavy atom. The molecule has 5 N–H and O–H groups in total. The molecule has 0 saturated heterocycles. The Morgan fingerprint density at radius 1 is 0.947 bits per heavy atom. The number of aromatic nitrogens is 2. The molecule has 108 valence electrons. The van der Waals surface area contributed by atoms with Gasteiger partial charge in [-0.05, 0) is 25.5 Å². The van der Waals surface area contributed by atoms with Crippen LogP contribution in [-0.2, 0) is 0 Å². The minimum Gasteiger partial charge on any atom is -0.370 e. The van der Waals surface area contributed by atoms with Crippen molar-refractivity contribution >= 4 is 11.8 Å². The molecule has 0 radical (unpaired) electrons. The second kappa shape index (κ2) is 10.6. The lowest BCUT2D eigenvalue weighted by molar-refractivity contribution is 0.574. The van der Waals surface area contributed by atoms with E-state index in [1.54, 1.807) is 6.20 Å². The number of nitrogens with one attached hydrogen (secondary N) is 1. The summed E-state index contributed by atoms with van der Waals surface area (Å²) in [5.41, 5.74) is 11.0. The minimum absolute atomic E-state index is 0.322. The van der Waals surface area contributed by atoms with E-state index in [0.29, 0.717) is 5.95 Å². The molecule has 0 aromatic carbocycles. The lowest BCUT2D eigenvalue weighted by Crippen LogP contribution is -2.05. The molecule has 0 spiro atoms. The van der Waals surface area contributed by atoms with E-state index in [9.17, 15) is 0 Å². The van der Waals surface area contributed by atoms with E-state index in [1.165, 1.54) is 51.4 Å². The van der Waals surface area contributed by atoms with Gasteiger partial charge in [0.25, 0.3) is 0 Å². The second-order valence-electron chi connectivity index (χ2n) is 4.84. The molecule has 0 unspecified atom stereocenters. The Morgan fingerprint density at radius 2 is 1.58 bits per heavy atom. The van der Waals surface area contributed by atoms with E-state index in [2.05, 4.69) is 15.3 Å². The zero-order chi connectivity index (χ0) is 13.8. The maximum Gasteiger partial charge on any atom is 0.221 e. The smallest absolute Gasteiger partial charge is 0.221 e. The monoisotopic (exact) mass is 265 g/mol. The zero-order valence-corrected chi connectivity index (χ0v) is 11.8.